The van der Waals surface area contributed by atoms with Gasteiger partial charge in [-0.1, -0.05) is 19.1 Å². The Kier molecular flexibility index (Phi) is 6.14. The van der Waals surface area contributed by atoms with Crippen molar-refractivity contribution in [2.24, 2.45) is 5.73 Å². The lowest BCUT2D eigenvalue weighted by Gasteiger charge is -2.11. The Morgan fingerprint density at radius 3 is 2.78 bits per heavy atom. The second kappa shape index (κ2) is 7.13. The minimum Gasteiger partial charge on any atom is -0.324 e. The summed E-state index contributed by atoms with van der Waals surface area (Å²) in [5, 5.41) is 0. The highest BCUT2D eigenvalue weighted by molar-refractivity contribution is 7.98. The van der Waals surface area contributed by atoms with Gasteiger partial charge in [-0.15, -0.1) is 0 Å². The number of sulfonamides is 1. The van der Waals surface area contributed by atoms with Gasteiger partial charge in [-0.05, 0) is 30.4 Å². The predicted octanol–water partition coefficient (Wildman–Crippen LogP) is 1.74. The van der Waals surface area contributed by atoms with Gasteiger partial charge in [0.15, 0.2) is 0 Å². The predicted molar refractivity (Wildman–Crippen MR) is 77.2 cm³/mol. The molecule has 0 saturated heterocycles. The molecule has 0 amide bonds. The van der Waals surface area contributed by atoms with Crippen LogP contribution in [0.4, 0.5) is 0 Å². The average Bonchev–Trinajstić information content (AvgIpc) is 2.38. The van der Waals surface area contributed by atoms with E-state index in [1.807, 2.05) is 19.2 Å². The Bertz CT molecular complexity index is 475. The fourth-order valence-electron chi connectivity index (χ4n) is 1.51. The van der Waals surface area contributed by atoms with Crippen LogP contribution in [0, 0.1) is 0 Å². The molecule has 0 saturated carbocycles. The molecule has 3 N–H and O–H groups in total. The van der Waals surface area contributed by atoms with Crippen LogP contribution in [0.5, 0.6) is 0 Å². The first kappa shape index (κ1) is 15.5. The highest BCUT2D eigenvalue weighted by Gasteiger charge is 2.14. The molecule has 0 aliphatic carbocycles. The van der Waals surface area contributed by atoms with Gasteiger partial charge in [-0.3, -0.25) is 0 Å². The van der Waals surface area contributed by atoms with E-state index in [0.29, 0.717) is 6.54 Å². The summed E-state index contributed by atoms with van der Waals surface area (Å²) in [7, 11) is -3.42. The van der Waals surface area contributed by atoms with Gasteiger partial charge in [0.1, 0.15) is 0 Å². The van der Waals surface area contributed by atoms with Crippen molar-refractivity contribution in [2.75, 3.05) is 18.6 Å². The van der Waals surface area contributed by atoms with Gasteiger partial charge in [-0.2, -0.15) is 11.8 Å². The molecule has 1 unspecified atom stereocenters. The van der Waals surface area contributed by atoms with Crippen molar-refractivity contribution >= 4 is 21.8 Å². The van der Waals surface area contributed by atoms with Crippen LogP contribution in [0.25, 0.3) is 0 Å². The second-order valence-corrected chi connectivity index (χ2v) is 6.73. The Morgan fingerprint density at radius 1 is 1.44 bits per heavy atom. The molecule has 1 aromatic carbocycles. The highest BCUT2D eigenvalue weighted by atomic mass is 32.2. The molecule has 0 radical (unpaired) electrons. The zero-order chi connectivity index (χ0) is 13.6. The van der Waals surface area contributed by atoms with E-state index in [9.17, 15) is 8.42 Å². The minimum absolute atomic E-state index is 0.119. The van der Waals surface area contributed by atoms with E-state index in [4.69, 9.17) is 5.73 Å². The molecule has 6 heteroatoms. The van der Waals surface area contributed by atoms with E-state index >= 15 is 0 Å². The van der Waals surface area contributed by atoms with Crippen LogP contribution < -0.4 is 10.5 Å². The number of rotatable bonds is 7. The molecule has 1 aromatic rings. The maximum absolute atomic E-state index is 12.0. The smallest absolute Gasteiger partial charge is 0.240 e. The standard InChI is InChI=1S/C12H20N2O2S2/c1-3-12(13)10-5-4-6-11(9-10)18(15,16)14-7-8-17-2/h4-6,9,12,14H,3,7-8,13H2,1-2H3. The molecular weight excluding hydrogens is 268 g/mol. The molecule has 1 rings (SSSR count). The molecule has 0 spiro atoms. The van der Waals surface area contributed by atoms with Gasteiger partial charge in [0.2, 0.25) is 10.0 Å². The summed E-state index contributed by atoms with van der Waals surface area (Å²) in [4.78, 5) is 0.282. The number of nitrogens with one attached hydrogen (secondary N) is 1. The first-order valence-electron chi connectivity index (χ1n) is 5.85. The molecule has 4 nitrogen and oxygen atoms in total. The molecule has 0 aliphatic heterocycles. The first-order chi connectivity index (χ1) is 8.51. The monoisotopic (exact) mass is 288 g/mol. The van der Waals surface area contributed by atoms with E-state index in [1.54, 1.807) is 30.0 Å². The largest absolute Gasteiger partial charge is 0.324 e. The van der Waals surface area contributed by atoms with Crippen LogP contribution in [-0.4, -0.2) is 27.0 Å². The van der Waals surface area contributed by atoms with Crippen molar-refractivity contribution in [3.8, 4) is 0 Å². The fraction of sp³-hybridized carbons (Fsp3) is 0.500. The molecule has 0 bridgehead atoms. The lowest BCUT2D eigenvalue weighted by Crippen LogP contribution is -2.26. The number of hydrogen-bond donors (Lipinski definition) is 2. The minimum atomic E-state index is -3.42. The molecule has 0 heterocycles. The first-order valence-corrected chi connectivity index (χ1v) is 8.73. The molecule has 0 aliphatic rings. The van der Waals surface area contributed by atoms with E-state index in [-0.39, 0.29) is 10.9 Å². The van der Waals surface area contributed by atoms with Crippen LogP contribution >= 0.6 is 11.8 Å². The Hall–Kier alpha value is -0.560. The third-order valence-electron chi connectivity index (χ3n) is 2.63. The summed E-state index contributed by atoms with van der Waals surface area (Å²) in [6.45, 7) is 2.41. The number of thioether (sulfide) groups is 1. The lowest BCUT2D eigenvalue weighted by atomic mass is 10.1. The van der Waals surface area contributed by atoms with Crippen molar-refractivity contribution in [2.45, 2.75) is 24.3 Å². The normalized spacial score (nSPS) is 13.5. The van der Waals surface area contributed by atoms with Gasteiger partial charge < -0.3 is 5.73 Å². The van der Waals surface area contributed by atoms with Crippen LogP contribution in [0.2, 0.25) is 0 Å². The van der Waals surface area contributed by atoms with Crippen LogP contribution in [0.1, 0.15) is 24.9 Å². The molecule has 18 heavy (non-hydrogen) atoms. The average molecular weight is 288 g/mol. The zero-order valence-corrected chi connectivity index (χ0v) is 12.4. The number of hydrogen-bond acceptors (Lipinski definition) is 4. The Labute approximate surface area is 113 Å². The van der Waals surface area contributed by atoms with Crippen molar-refractivity contribution in [3.05, 3.63) is 29.8 Å². The quantitative estimate of drug-likeness (QED) is 0.750. The van der Waals surface area contributed by atoms with E-state index in [2.05, 4.69) is 4.72 Å². The zero-order valence-electron chi connectivity index (χ0n) is 10.7. The van der Waals surface area contributed by atoms with Crippen molar-refractivity contribution in [1.82, 2.24) is 4.72 Å². The molecule has 1 atom stereocenters. The summed E-state index contributed by atoms with van der Waals surface area (Å²) in [6, 6.07) is 6.71. The Balaban J connectivity index is 2.88. The van der Waals surface area contributed by atoms with E-state index in [0.717, 1.165) is 17.7 Å². The van der Waals surface area contributed by atoms with Crippen LogP contribution in [0.3, 0.4) is 0 Å². The fourth-order valence-corrected chi connectivity index (χ4v) is 3.03. The van der Waals surface area contributed by atoms with Gasteiger partial charge in [0.05, 0.1) is 4.90 Å². The maximum Gasteiger partial charge on any atom is 0.240 e. The Morgan fingerprint density at radius 2 is 2.17 bits per heavy atom. The highest BCUT2D eigenvalue weighted by Crippen LogP contribution is 2.18. The van der Waals surface area contributed by atoms with Crippen LogP contribution in [0.15, 0.2) is 29.2 Å². The van der Waals surface area contributed by atoms with Gasteiger partial charge in [0, 0.05) is 18.3 Å². The molecule has 102 valence electrons. The number of nitrogens with two attached hydrogens (primary N) is 1. The van der Waals surface area contributed by atoms with Crippen molar-refractivity contribution < 1.29 is 8.42 Å². The summed E-state index contributed by atoms with van der Waals surface area (Å²) in [5.41, 5.74) is 6.76. The van der Waals surface area contributed by atoms with Crippen molar-refractivity contribution in [3.63, 3.8) is 0 Å². The van der Waals surface area contributed by atoms with Crippen LogP contribution in [-0.2, 0) is 10.0 Å². The number of benzene rings is 1. The van der Waals surface area contributed by atoms with E-state index in [1.165, 1.54) is 0 Å². The van der Waals surface area contributed by atoms with E-state index < -0.39 is 10.0 Å². The van der Waals surface area contributed by atoms with Gasteiger partial charge >= 0.3 is 0 Å². The third kappa shape index (κ3) is 4.28. The van der Waals surface area contributed by atoms with Crippen molar-refractivity contribution in [1.29, 1.82) is 0 Å². The SMILES string of the molecule is CCC(N)c1cccc(S(=O)(=O)NCCSC)c1. The second-order valence-electron chi connectivity index (χ2n) is 3.98. The maximum atomic E-state index is 12.0. The van der Waals surface area contributed by atoms with Gasteiger partial charge in [-0.25, -0.2) is 13.1 Å². The summed E-state index contributed by atoms with van der Waals surface area (Å²) >= 11 is 1.60. The summed E-state index contributed by atoms with van der Waals surface area (Å²) in [5.74, 6) is 0.757. The lowest BCUT2D eigenvalue weighted by molar-refractivity contribution is 0.583. The summed E-state index contributed by atoms with van der Waals surface area (Å²) in [6.07, 6.45) is 2.72. The molecular formula is C12H20N2O2S2. The molecule has 0 aromatic heterocycles. The molecule has 0 fully saturated rings. The third-order valence-corrected chi connectivity index (χ3v) is 4.71. The topological polar surface area (TPSA) is 72.2 Å². The summed E-state index contributed by atoms with van der Waals surface area (Å²) < 4.78 is 26.6. The van der Waals surface area contributed by atoms with Gasteiger partial charge in [0.25, 0.3) is 0 Å².